The molecule has 1 N–H and O–H groups in total. The van der Waals surface area contributed by atoms with Gasteiger partial charge in [0.15, 0.2) is 11.6 Å². The SMILES string of the molecule is Cc1c(C#N)c(NC(=O)CN(C)Cc2ccc(F)c(F)c2)n(-c2ccccc2)c1C. The molecule has 0 saturated carbocycles. The van der Waals surface area contributed by atoms with Crippen molar-refractivity contribution < 1.29 is 13.6 Å². The second kappa shape index (κ2) is 8.89. The zero-order valence-electron chi connectivity index (χ0n) is 17.0. The molecule has 0 aliphatic carbocycles. The number of para-hydroxylation sites is 1. The van der Waals surface area contributed by atoms with Crippen LogP contribution in [0.25, 0.3) is 5.69 Å². The Balaban J connectivity index is 1.80. The Morgan fingerprint density at radius 3 is 2.47 bits per heavy atom. The first kappa shape index (κ1) is 21.2. The second-order valence-corrected chi connectivity index (χ2v) is 7.19. The van der Waals surface area contributed by atoms with Gasteiger partial charge in [-0.3, -0.25) is 14.3 Å². The fourth-order valence-corrected chi connectivity index (χ4v) is 3.38. The summed E-state index contributed by atoms with van der Waals surface area (Å²) in [6.07, 6.45) is 0. The van der Waals surface area contributed by atoms with Crippen molar-refractivity contribution in [2.75, 3.05) is 18.9 Å². The minimum Gasteiger partial charge on any atom is -0.310 e. The van der Waals surface area contributed by atoms with Crippen molar-refractivity contribution in [2.24, 2.45) is 0 Å². The highest BCUT2D eigenvalue weighted by atomic mass is 19.2. The lowest BCUT2D eigenvalue weighted by Gasteiger charge is -2.18. The van der Waals surface area contributed by atoms with E-state index in [0.717, 1.165) is 29.1 Å². The number of nitriles is 1. The number of amides is 1. The van der Waals surface area contributed by atoms with Crippen molar-refractivity contribution >= 4 is 11.7 Å². The maximum absolute atomic E-state index is 13.4. The molecule has 3 aromatic rings. The van der Waals surface area contributed by atoms with Gasteiger partial charge in [0.2, 0.25) is 5.91 Å². The van der Waals surface area contributed by atoms with E-state index in [1.54, 1.807) is 11.9 Å². The fourth-order valence-electron chi connectivity index (χ4n) is 3.38. The summed E-state index contributed by atoms with van der Waals surface area (Å²) in [7, 11) is 1.71. The van der Waals surface area contributed by atoms with Crippen LogP contribution >= 0.6 is 0 Å². The van der Waals surface area contributed by atoms with E-state index in [2.05, 4.69) is 11.4 Å². The van der Waals surface area contributed by atoms with Gasteiger partial charge in [-0.2, -0.15) is 5.26 Å². The molecule has 0 aliphatic rings. The van der Waals surface area contributed by atoms with E-state index in [1.807, 2.05) is 48.7 Å². The molecule has 30 heavy (non-hydrogen) atoms. The summed E-state index contributed by atoms with van der Waals surface area (Å²) < 4.78 is 28.3. The molecule has 0 atom stereocenters. The Kier molecular flexibility index (Phi) is 6.28. The highest BCUT2D eigenvalue weighted by Crippen LogP contribution is 2.29. The van der Waals surface area contributed by atoms with Gasteiger partial charge in [-0.15, -0.1) is 0 Å². The van der Waals surface area contributed by atoms with Crippen LogP contribution in [0.15, 0.2) is 48.5 Å². The van der Waals surface area contributed by atoms with Crippen LogP contribution in [-0.2, 0) is 11.3 Å². The van der Waals surface area contributed by atoms with Crippen molar-refractivity contribution in [3.8, 4) is 11.8 Å². The molecule has 0 unspecified atom stereocenters. The topological polar surface area (TPSA) is 61.1 Å². The molecule has 5 nitrogen and oxygen atoms in total. The second-order valence-electron chi connectivity index (χ2n) is 7.19. The maximum Gasteiger partial charge on any atom is 0.239 e. The third kappa shape index (κ3) is 4.39. The summed E-state index contributed by atoms with van der Waals surface area (Å²) in [4.78, 5) is 14.4. The zero-order chi connectivity index (χ0) is 21.8. The fraction of sp³-hybridized carbons (Fsp3) is 0.217. The van der Waals surface area contributed by atoms with Crippen LogP contribution in [-0.4, -0.2) is 29.0 Å². The molecule has 0 radical (unpaired) electrons. The van der Waals surface area contributed by atoms with E-state index in [0.29, 0.717) is 16.9 Å². The van der Waals surface area contributed by atoms with Crippen molar-refractivity contribution in [1.29, 1.82) is 5.26 Å². The number of aromatic nitrogens is 1. The molecule has 0 aliphatic heterocycles. The van der Waals surface area contributed by atoms with E-state index in [4.69, 9.17) is 0 Å². The summed E-state index contributed by atoms with van der Waals surface area (Å²) in [5.41, 5.74) is 3.47. The van der Waals surface area contributed by atoms with Gasteiger partial charge in [-0.1, -0.05) is 24.3 Å². The molecule has 2 aromatic carbocycles. The Morgan fingerprint density at radius 1 is 1.13 bits per heavy atom. The summed E-state index contributed by atoms with van der Waals surface area (Å²) in [6.45, 7) is 4.03. The van der Waals surface area contributed by atoms with Gasteiger partial charge < -0.3 is 5.32 Å². The van der Waals surface area contributed by atoms with Crippen LogP contribution in [0.2, 0.25) is 0 Å². The number of nitrogens with zero attached hydrogens (tertiary/aromatic N) is 3. The summed E-state index contributed by atoms with van der Waals surface area (Å²) in [5.74, 6) is -1.72. The Hall–Kier alpha value is -3.50. The molecule has 1 amide bonds. The van der Waals surface area contributed by atoms with Crippen LogP contribution < -0.4 is 5.32 Å². The predicted octanol–water partition coefficient (Wildman–Crippen LogP) is 4.31. The number of halogens is 2. The number of nitrogens with one attached hydrogen (secondary N) is 1. The minimum atomic E-state index is -0.921. The molecule has 0 saturated heterocycles. The Morgan fingerprint density at radius 2 is 1.83 bits per heavy atom. The van der Waals surface area contributed by atoms with E-state index in [-0.39, 0.29) is 19.0 Å². The van der Waals surface area contributed by atoms with Gasteiger partial charge >= 0.3 is 0 Å². The summed E-state index contributed by atoms with van der Waals surface area (Å²) in [6, 6.07) is 15.3. The number of anilines is 1. The lowest BCUT2D eigenvalue weighted by Crippen LogP contribution is -2.30. The van der Waals surface area contributed by atoms with Gasteiger partial charge in [0.25, 0.3) is 0 Å². The molecule has 154 valence electrons. The van der Waals surface area contributed by atoms with Crippen LogP contribution in [0.1, 0.15) is 22.4 Å². The van der Waals surface area contributed by atoms with Gasteiger partial charge in [-0.25, -0.2) is 8.78 Å². The van der Waals surface area contributed by atoms with Gasteiger partial charge in [0.1, 0.15) is 11.9 Å². The number of hydrogen-bond donors (Lipinski definition) is 1. The molecule has 1 aromatic heterocycles. The molecular formula is C23H22F2N4O. The van der Waals surface area contributed by atoms with E-state index in [9.17, 15) is 18.8 Å². The standard InChI is InChI=1S/C23H22F2N4O/c1-15-16(2)29(18-7-5-4-6-8-18)23(19(15)12-26)27-22(30)14-28(3)13-17-9-10-20(24)21(25)11-17/h4-11H,13-14H2,1-3H3,(H,27,30). The van der Waals surface area contributed by atoms with Crippen LogP contribution in [0.4, 0.5) is 14.6 Å². The van der Waals surface area contributed by atoms with Crippen molar-refractivity contribution in [1.82, 2.24) is 9.47 Å². The number of benzene rings is 2. The normalized spacial score (nSPS) is 10.8. The average Bonchev–Trinajstić information content (AvgIpc) is 2.94. The highest BCUT2D eigenvalue weighted by Gasteiger charge is 2.21. The van der Waals surface area contributed by atoms with E-state index < -0.39 is 11.6 Å². The molecular weight excluding hydrogens is 386 g/mol. The molecule has 7 heteroatoms. The number of likely N-dealkylation sites (N-methyl/N-ethyl adjacent to an activating group) is 1. The number of carbonyl (C=O) groups is 1. The zero-order valence-corrected chi connectivity index (χ0v) is 17.0. The van der Waals surface area contributed by atoms with Crippen molar-refractivity contribution in [2.45, 2.75) is 20.4 Å². The largest absolute Gasteiger partial charge is 0.310 e. The maximum atomic E-state index is 13.4. The molecule has 0 spiro atoms. The van der Waals surface area contributed by atoms with Gasteiger partial charge in [0.05, 0.1) is 12.1 Å². The summed E-state index contributed by atoms with van der Waals surface area (Å²) >= 11 is 0. The average molecular weight is 408 g/mol. The molecule has 0 bridgehead atoms. The van der Waals surface area contributed by atoms with E-state index >= 15 is 0 Å². The van der Waals surface area contributed by atoms with Crippen LogP contribution in [0.5, 0.6) is 0 Å². The first-order chi connectivity index (χ1) is 14.3. The Bertz CT molecular complexity index is 1120. The molecule has 0 fully saturated rings. The third-order valence-corrected chi connectivity index (χ3v) is 4.95. The third-order valence-electron chi connectivity index (χ3n) is 4.95. The van der Waals surface area contributed by atoms with Crippen LogP contribution in [0.3, 0.4) is 0 Å². The minimum absolute atomic E-state index is 0.0158. The van der Waals surface area contributed by atoms with Crippen LogP contribution in [0, 0.1) is 36.8 Å². The lowest BCUT2D eigenvalue weighted by molar-refractivity contribution is -0.117. The monoisotopic (exact) mass is 408 g/mol. The number of hydrogen-bond acceptors (Lipinski definition) is 3. The van der Waals surface area contributed by atoms with Gasteiger partial charge in [-0.05, 0) is 56.3 Å². The quantitative estimate of drug-likeness (QED) is 0.661. The first-order valence-corrected chi connectivity index (χ1v) is 9.41. The molecule has 3 rings (SSSR count). The summed E-state index contributed by atoms with van der Waals surface area (Å²) in [5, 5.41) is 12.5. The predicted molar refractivity (Wildman–Crippen MR) is 111 cm³/mol. The number of rotatable bonds is 6. The number of carbonyl (C=O) groups excluding carboxylic acids is 1. The smallest absolute Gasteiger partial charge is 0.239 e. The van der Waals surface area contributed by atoms with Gasteiger partial charge in [0, 0.05) is 17.9 Å². The Labute approximate surface area is 174 Å². The van der Waals surface area contributed by atoms with Crippen molar-refractivity contribution in [3.63, 3.8) is 0 Å². The first-order valence-electron chi connectivity index (χ1n) is 9.41. The van der Waals surface area contributed by atoms with E-state index in [1.165, 1.54) is 6.07 Å². The highest BCUT2D eigenvalue weighted by molar-refractivity contribution is 5.93. The molecule has 1 heterocycles. The van der Waals surface area contributed by atoms with Crippen molar-refractivity contribution in [3.05, 3.63) is 82.5 Å². The lowest BCUT2D eigenvalue weighted by atomic mass is 10.2.